The predicted molar refractivity (Wildman–Crippen MR) is 89.1 cm³/mol. The number of rotatable bonds is 7. The number of hydrogen-bond acceptors (Lipinski definition) is 2. The van der Waals surface area contributed by atoms with Gasteiger partial charge < -0.3 is 15.0 Å². The second-order valence-corrected chi connectivity index (χ2v) is 6.80. The molecule has 1 aromatic rings. The summed E-state index contributed by atoms with van der Waals surface area (Å²) >= 11 is 6.21. The van der Waals surface area contributed by atoms with Crippen molar-refractivity contribution in [3.8, 4) is 0 Å². The highest BCUT2D eigenvalue weighted by Gasteiger charge is 2.33. The van der Waals surface area contributed by atoms with Gasteiger partial charge in [-0.15, -0.1) is 0 Å². The van der Waals surface area contributed by atoms with Crippen LogP contribution in [-0.4, -0.2) is 36.2 Å². The average molecular weight is 325 g/mol. The number of hydrogen-bond donors (Lipinski definition) is 1. The van der Waals surface area contributed by atoms with Gasteiger partial charge in [-0.1, -0.05) is 29.8 Å². The van der Waals surface area contributed by atoms with E-state index in [1.165, 1.54) is 0 Å². The number of amides is 2. The standard InChI is InChI=1S/C17H25ClN2O2/c1-17(2,22-3)10-11-19-16(21)20(14-8-9-14)12-13-6-4-5-7-15(13)18/h4-7,14H,8-12H2,1-3H3,(H,19,21). The van der Waals surface area contributed by atoms with Crippen LogP contribution >= 0.6 is 11.6 Å². The number of carbonyl (C=O) groups excluding carboxylic acids is 1. The quantitative estimate of drug-likeness (QED) is 0.828. The summed E-state index contributed by atoms with van der Waals surface area (Å²) in [4.78, 5) is 14.3. The van der Waals surface area contributed by atoms with E-state index < -0.39 is 0 Å². The highest BCUT2D eigenvalue weighted by Crippen LogP contribution is 2.29. The first-order valence-corrected chi connectivity index (χ1v) is 8.14. The SMILES string of the molecule is COC(C)(C)CCNC(=O)N(Cc1ccccc1Cl)C1CC1. The molecule has 1 aliphatic rings. The molecule has 0 bridgehead atoms. The van der Waals surface area contributed by atoms with E-state index in [0.717, 1.165) is 24.8 Å². The lowest BCUT2D eigenvalue weighted by atomic mass is 10.1. The molecule has 22 heavy (non-hydrogen) atoms. The maximum atomic E-state index is 12.4. The third-order valence-electron chi connectivity index (χ3n) is 4.10. The van der Waals surface area contributed by atoms with Gasteiger partial charge in [0.05, 0.1) is 5.60 Å². The van der Waals surface area contributed by atoms with Gasteiger partial charge in [-0.3, -0.25) is 0 Å². The fraction of sp³-hybridized carbons (Fsp3) is 0.588. The first kappa shape index (κ1) is 17.1. The molecule has 4 nitrogen and oxygen atoms in total. The van der Waals surface area contributed by atoms with E-state index in [-0.39, 0.29) is 11.6 Å². The van der Waals surface area contributed by atoms with E-state index in [0.29, 0.717) is 24.2 Å². The number of benzene rings is 1. The van der Waals surface area contributed by atoms with Crippen molar-refractivity contribution in [3.63, 3.8) is 0 Å². The van der Waals surface area contributed by atoms with Crippen molar-refractivity contribution in [3.05, 3.63) is 34.9 Å². The fourth-order valence-electron chi connectivity index (χ4n) is 2.24. The Morgan fingerprint density at radius 1 is 1.41 bits per heavy atom. The van der Waals surface area contributed by atoms with Crippen LogP contribution in [0.15, 0.2) is 24.3 Å². The average Bonchev–Trinajstić information content (AvgIpc) is 3.30. The summed E-state index contributed by atoms with van der Waals surface area (Å²) in [6, 6.07) is 8.01. The van der Waals surface area contributed by atoms with Crippen molar-refractivity contribution in [2.45, 2.75) is 51.3 Å². The first-order chi connectivity index (χ1) is 10.4. The van der Waals surface area contributed by atoms with Crippen LogP contribution in [0, 0.1) is 0 Å². The van der Waals surface area contributed by atoms with Crippen LogP contribution in [0.5, 0.6) is 0 Å². The fourth-order valence-corrected chi connectivity index (χ4v) is 2.43. The first-order valence-electron chi connectivity index (χ1n) is 7.76. The number of halogens is 1. The zero-order valence-electron chi connectivity index (χ0n) is 13.6. The molecule has 0 radical (unpaired) electrons. The maximum Gasteiger partial charge on any atom is 0.317 e. The van der Waals surface area contributed by atoms with Crippen LogP contribution in [0.1, 0.15) is 38.7 Å². The molecule has 122 valence electrons. The molecule has 1 aromatic carbocycles. The van der Waals surface area contributed by atoms with Crippen LogP contribution in [-0.2, 0) is 11.3 Å². The van der Waals surface area contributed by atoms with E-state index in [1.54, 1.807) is 7.11 Å². The van der Waals surface area contributed by atoms with Gasteiger partial charge >= 0.3 is 6.03 Å². The van der Waals surface area contributed by atoms with E-state index in [9.17, 15) is 4.79 Å². The number of nitrogens with one attached hydrogen (secondary N) is 1. The van der Waals surface area contributed by atoms with Crippen molar-refractivity contribution in [1.29, 1.82) is 0 Å². The van der Waals surface area contributed by atoms with Crippen LogP contribution < -0.4 is 5.32 Å². The van der Waals surface area contributed by atoms with Crippen molar-refractivity contribution >= 4 is 17.6 Å². The predicted octanol–water partition coefficient (Wildman–Crippen LogP) is 3.83. The Bertz CT molecular complexity index is 515. The van der Waals surface area contributed by atoms with Crippen molar-refractivity contribution in [2.75, 3.05) is 13.7 Å². The molecule has 0 aromatic heterocycles. The molecule has 1 aliphatic carbocycles. The lowest BCUT2D eigenvalue weighted by molar-refractivity contribution is 0.0162. The molecule has 1 N–H and O–H groups in total. The van der Waals surface area contributed by atoms with Gasteiger partial charge in [0.2, 0.25) is 0 Å². The monoisotopic (exact) mass is 324 g/mol. The molecule has 5 heteroatoms. The summed E-state index contributed by atoms with van der Waals surface area (Å²) in [5.41, 5.74) is 0.767. The molecule has 0 aliphatic heterocycles. The van der Waals surface area contributed by atoms with Gasteiger partial charge in [0.25, 0.3) is 0 Å². The molecule has 2 rings (SSSR count). The molecule has 0 atom stereocenters. The van der Waals surface area contributed by atoms with E-state index in [4.69, 9.17) is 16.3 Å². The molecule has 0 unspecified atom stereocenters. The number of carbonyl (C=O) groups is 1. The molecular weight excluding hydrogens is 300 g/mol. The summed E-state index contributed by atoms with van der Waals surface area (Å²) in [6.07, 6.45) is 2.92. The lowest BCUT2D eigenvalue weighted by Crippen LogP contribution is -2.42. The Morgan fingerprint density at radius 2 is 2.09 bits per heavy atom. The normalized spacial score (nSPS) is 14.7. The van der Waals surface area contributed by atoms with Crippen molar-refractivity contribution in [1.82, 2.24) is 10.2 Å². The molecule has 0 spiro atoms. The zero-order valence-corrected chi connectivity index (χ0v) is 14.3. The van der Waals surface area contributed by atoms with Gasteiger partial charge in [0.15, 0.2) is 0 Å². The maximum absolute atomic E-state index is 12.4. The molecule has 1 saturated carbocycles. The van der Waals surface area contributed by atoms with Gasteiger partial charge in [-0.25, -0.2) is 4.79 Å². The van der Waals surface area contributed by atoms with Crippen molar-refractivity contribution < 1.29 is 9.53 Å². The van der Waals surface area contributed by atoms with Gasteiger partial charge in [0.1, 0.15) is 0 Å². The minimum Gasteiger partial charge on any atom is -0.379 e. The Labute approximate surface area is 137 Å². The van der Waals surface area contributed by atoms with Crippen LogP contribution in [0.2, 0.25) is 5.02 Å². The number of methoxy groups -OCH3 is 1. The summed E-state index contributed by atoms with van der Waals surface area (Å²) in [5, 5.41) is 3.71. The second kappa shape index (κ2) is 7.34. The molecule has 1 fully saturated rings. The van der Waals surface area contributed by atoms with E-state index in [1.807, 2.05) is 43.0 Å². The lowest BCUT2D eigenvalue weighted by Gasteiger charge is -2.26. The third-order valence-corrected chi connectivity index (χ3v) is 4.47. The zero-order chi connectivity index (χ0) is 16.2. The third kappa shape index (κ3) is 4.89. The highest BCUT2D eigenvalue weighted by molar-refractivity contribution is 6.31. The Hall–Kier alpha value is -1.26. The summed E-state index contributed by atoms with van der Waals surface area (Å²) in [5.74, 6) is 0. The minimum atomic E-state index is -0.222. The molecule has 0 heterocycles. The topological polar surface area (TPSA) is 41.6 Å². The smallest absolute Gasteiger partial charge is 0.317 e. The highest BCUT2D eigenvalue weighted by atomic mass is 35.5. The van der Waals surface area contributed by atoms with Crippen LogP contribution in [0.4, 0.5) is 4.79 Å². The number of urea groups is 1. The van der Waals surface area contributed by atoms with Gasteiger partial charge in [-0.2, -0.15) is 0 Å². The summed E-state index contributed by atoms with van der Waals surface area (Å²) in [6.45, 7) is 5.19. The largest absolute Gasteiger partial charge is 0.379 e. The second-order valence-electron chi connectivity index (χ2n) is 6.40. The minimum absolute atomic E-state index is 0.0191. The van der Waals surface area contributed by atoms with E-state index in [2.05, 4.69) is 5.32 Å². The summed E-state index contributed by atoms with van der Waals surface area (Å²) < 4.78 is 5.37. The van der Waals surface area contributed by atoms with Gasteiger partial charge in [0, 0.05) is 31.3 Å². The number of ether oxygens (including phenoxy) is 1. The Balaban J connectivity index is 1.91. The van der Waals surface area contributed by atoms with E-state index >= 15 is 0 Å². The molecule has 2 amide bonds. The van der Waals surface area contributed by atoms with Crippen molar-refractivity contribution in [2.24, 2.45) is 0 Å². The summed E-state index contributed by atoms with van der Waals surface area (Å²) in [7, 11) is 1.69. The number of nitrogens with zero attached hydrogens (tertiary/aromatic N) is 1. The van der Waals surface area contributed by atoms with Crippen LogP contribution in [0.3, 0.4) is 0 Å². The Morgan fingerprint density at radius 3 is 2.68 bits per heavy atom. The molecular formula is C17H25ClN2O2. The molecule has 0 saturated heterocycles. The van der Waals surface area contributed by atoms with Crippen LogP contribution in [0.25, 0.3) is 0 Å². The Kier molecular flexibility index (Phi) is 5.70. The van der Waals surface area contributed by atoms with Gasteiger partial charge in [-0.05, 0) is 44.7 Å².